The molecule has 3 nitrogen and oxygen atoms in total. The highest BCUT2D eigenvalue weighted by molar-refractivity contribution is 5.20. The quantitative estimate of drug-likeness (QED) is 0.705. The van der Waals surface area contributed by atoms with Crippen LogP contribution in [-0.4, -0.2) is 18.1 Å². The van der Waals surface area contributed by atoms with E-state index in [1.807, 2.05) is 18.3 Å². The molecule has 0 unspecified atom stereocenters. The van der Waals surface area contributed by atoms with Gasteiger partial charge in [0.05, 0.1) is 6.61 Å². The predicted molar refractivity (Wildman–Crippen MR) is 71.2 cm³/mol. The fourth-order valence-corrected chi connectivity index (χ4v) is 1.45. The molecule has 0 aliphatic rings. The van der Waals surface area contributed by atoms with Gasteiger partial charge in [0.1, 0.15) is 0 Å². The van der Waals surface area contributed by atoms with Crippen molar-refractivity contribution in [3.63, 3.8) is 0 Å². The van der Waals surface area contributed by atoms with E-state index in [0.717, 1.165) is 38.4 Å². The maximum absolute atomic E-state index is 5.62. The molecule has 0 aromatic carbocycles. The van der Waals surface area contributed by atoms with Gasteiger partial charge < -0.3 is 10.1 Å². The van der Waals surface area contributed by atoms with Gasteiger partial charge in [-0.05, 0) is 36.9 Å². The van der Waals surface area contributed by atoms with Crippen LogP contribution in [0.5, 0.6) is 5.88 Å². The van der Waals surface area contributed by atoms with Crippen molar-refractivity contribution in [1.82, 2.24) is 10.3 Å². The van der Waals surface area contributed by atoms with Crippen LogP contribution in [0, 0.1) is 5.92 Å². The summed E-state index contributed by atoms with van der Waals surface area (Å²) in [5.74, 6) is 1.41. The highest BCUT2D eigenvalue weighted by Gasteiger charge is 1.99. The fraction of sp³-hybridized carbons (Fsp3) is 0.643. The summed E-state index contributed by atoms with van der Waals surface area (Å²) in [5.41, 5.74) is 1.23. The van der Waals surface area contributed by atoms with Crippen molar-refractivity contribution in [2.45, 2.75) is 40.2 Å². The smallest absolute Gasteiger partial charge is 0.213 e. The molecule has 0 saturated carbocycles. The maximum Gasteiger partial charge on any atom is 0.213 e. The summed E-state index contributed by atoms with van der Waals surface area (Å²) < 4.78 is 5.62. The molecule has 3 heteroatoms. The molecule has 1 N–H and O–H groups in total. The number of hydrogen-bond donors (Lipinski definition) is 1. The highest BCUT2D eigenvalue weighted by atomic mass is 16.5. The van der Waals surface area contributed by atoms with Crippen molar-refractivity contribution in [3.8, 4) is 5.88 Å². The molecule has 0 saturated heterocycles. The van der Waals surface area contributed by atoms with Crippen LogP contribution in [0.2, 0.25) is 0 Å². The van der Waals surface area contributed by atoms with E-state index < -0.39 is 0 Å². The predicted octanol–water partition coefficient (Wildman–Crippen LogP) is 3.01. The van der Waals surface area contributed by atoms with E-state index in [1.54, 1.807) is 0 Å². The molecule has 1 aromatic heterocycles. The van der Waals surface area contributed by atoms with Crippen LogP contribution >= 0.6 is 0 Å². The summed E-state index contributed by atoms with van der Waals surface area (Å²) in [5, 5.41) is 3.37. The molecule has 0 fully saturated rings. The van der Waals surface area contributed by atoms with Gasteiger partial charge in [-0.2, -0.15) is 0 Å². The Morgan fingerprint density at radius 3 is 2.94 bits per heavy atom. The Morgan fingerprint density at radius 2 is 2.24 bits per heavy atom. The van der Waals surface area contributed by atoms with Gasteiger partial charge in [-0.15, -0.1) is 0 Å². The lowest BCUT2D eigenvalue weighted by Gasteiger charge is -2.08. The Labute approximate surface area is 105 Å². The molecule has 0 aliphatic carbocycles. The van der Waals surface area contributed by atoms with Crippen molar-refractivity contribution < 1.29 is 4.74 Å². The second-order valence-electron chi connectivity index (χ2n) is 4.71. The molecule has 1 rings (SSSR count). The lowest BCUT2D eigenvalue weighted by Crippen LogP contribution is -2.14. The Morgan fingerprint density at radius 1 is 1.41 bits per heavy atom. The largest absolute Gasteiger partial charge is 0.478 e. The molecule has 0 bridgehead atoms. The molecule has 0 spiro atoms. The summed E-state index contributed by atoms with van der Waals surface area (Å²) in [6, 6.07) is 4.04. The van der Waals surface area contributed by atoms with Crippen LogP contribution in [0.25, 0.3) is 0 Å². The third kappa shape index (κ3) is 6.27. The van der Waals surface area contributed by atoms with Gasteiger partial charge in [0, 0.05) is 18.8 Å². The lowest BCUT2D eigenvalue weighted by atomic mass is 10.1. The van der Waals surface area contributed by atoms with Crippen molar-refractivity contribution in [3.05, 3.63) is 23.9 Å². The zero-order chi connectivity index (χ0) is 12.5. The maximum atomic E-state index is 5.62. The first kappa shape index (κ1) is 14.0. The van der Waals surface area contributed by atoms with E-state index in [0.29, 0.717) is 5.92 Å². The second kappa shape index (κ2) is 8.07. The molecular weight excluding hydrogens is 212 g/mol. The summed E-state index contributed by atoms with van der Waals surface area (Å²) in [7, 11) is 0. The van der Waals surface area contributed by atoms with Crippen LogP contribution in [0.15, 0.2) is 18.3 Å². The van der Waals surface area contributed by atoms with Gasteiger partial charge in [-0.3, -0.25) is 0 Å². The van der Waals surface area contributed by atoms with E-state index in [2.05, 4.69) is 31.1 Å². The van der Waals surface area contributed by atoms with Crippen LogP contribution in [0.4, 0.5) is 0 Å². The van der Waals surface area contributed by atoms with Crippen LogP contribution in [-0.2, 0) is 6.54 Å². The van der Waals surface area contributed by atoms with Crippen LogP contribution in [0.3, 0.4) is 0 Å². The fourth-order valence-electron chi connectivity index (χ4n) is 1.45. The molecule has 1 aromatic rings. The van der Waals surface area contributed by atoms with Gasteiger partial charge in [0.25, 0.3) is 0 Å². The van der Waals surface area contributed by atoms with Crippen molar-refractivity contribution in [2.24, 2.45) is 5.92 Å². The molecular formula is C14H24N2O. The standard InChI is InChI=1S/C14H24N2O/c1-4-7-15-11-13-5-8-16-14(10-13)17-9-6-12(2)3/h5,8,10,12,15H,4,6-7,9,11H2,1-3H3. The van der Waals surface area contributed by atoms with E-state index in [1.165, 1.54) is 5.56 Å². The second-order valence-corrected chi connectivity index (χ2v) is 4.71. The molecule has 17 heavy (non-hydrogen) atoms. The molecule has 0 aliphatic heterocycles. The molecule has 0 radical (unpaired) electrons. The third-order valence-electron chi connectivity index (χ3n) is 2.50. The normalized spacial score (nSPS) is 10.8. The number of pyridine rings is 1. The highest BCUT2D eigenvalue weighted by Crippen LogP contribution is 2.10. The molecule has 96 valence electrons. The number of aromatic nitrogens is 1. The number of nitrogens with one attached hydrogen (secondary N) is 1. The Bertz CT molecular complexity index is 313. The average Bonchev–Trinajstić information content (AvgIpc) is 2.29. The van der Waals surface area contributed by atoms with Crippen LogP contribution in [0.1, 0.15) is 39.2 Å². The summed E-state index contributed by atoms with van der Waals surface area (Å²) >= 11 is 0. The SMILES string of the molecule is CCCNCc1ccnc(OCCC(C)C)c1. The van der Waals surface area contributed by atoms with Crippen molar-refractivity contribution >= 4 is 0 Å². The Balaban J connectivity index is 2.37. The molecule has 0 amide bonds. The minimum atomic E-state index is 0.671. The summed E-state index contributed by atoms with van der Waals surface area (Å²) in [4.78, 5) is 4.21. The molecule has 0 atom stereocenters. The minimum absolute atomic E-state index is 0.671. The van der Waals surface area contributed by atoms with E-state index in [-0.39, 0.29) is 0 Å². The van der Waals surface area contributed by atoms with Crippen molar-refractivity contribution in [2.75, 3.05) is 13.2 Å². The topological polar surface area (TPSA) is 34.2 Å². The Kier molecular flexibility index (Phi) is 6.63. The first-order valence-electron chi connectivity index (χ1n) is 6.50. The monoisotopic (exact) mass is 236 g/mol. The summed E-state index contributed by atoms with van der Waals surface area (Å²) in [6.07, 6.45) is 4.04. The molecule has 1 heterocycles. The average molecular weight is 236 g/mol. The van der Waals surface area contributed by atoms with E-state index in [4.69, 9.17) is 4.74 Å². The van der Waals surface area contributed by atoms with E-state index in [9.17, 15) is 0 Å². The lowest BCUT2D eigenvalue weighted by molar-refractivity contribution is 0.279. The number of hydrogen-bond acceptors (Lipinski definition) is 3. The van der Waals surface area contributed by atoms with Gasteiger partial charge in [-0.1, -0.05) is 20.8 Å². The zero-order valence-electron chi connectivity index (χ0n) is 11.2. The number of ether oxygens (including phenoxy) is 1. The van der Waals surface area contributed by atoms with Gasteiger partial charge >= 0.3 is 0 Å². The first-order valence-corrected chi connectivity index (χ1v) is 6.50. The minimum Gasteiger partial charge on any atom is -0.478 e. The van der Waals surface area contributed by atoms with Crippen molar-refractivity contribution in [1.29, 1.82) is 0 Å². The van der Waals surface area contributed by atoms with Gasteiger partial charge in [0.15, 0.2) is 0 Å². The van der Waals surface area contributed by atoms with Gasteiger partial charge in [-0.25, -0.2) is 4.98 Å². The third-order valence-corrected chi connectivity index (χ3v) is 2.50. The van der Waals surface area contributed by atoms with Crippen LogP contribution < -0.4 is 10.1 Å². The van der Waals surface area contributed by atoms with E-state index >= 15 is 0 Å². The first-order chi connectivity index (χ1) is 8.22. The van der Waals surface area contributed by atoms with Gasteiger partial charge in [0.2, 0.25) is 5.88 Å². The summed E-state index contributed by atoms with van der Waals surface area (Å²) in [6.45, 7) is 9.24. The Hall–Kier alpha value is -1.09. The zero-order valence-corrected chi connectivity index (χ0v) is 11.2. The number of nitrogens with zero attached hydrogens (tertiary/aromatic N) is 1. The number of rotatable bonds is 8.